The lowest BCUT2D eigenvalue weighted by molar-refractivity contribution is -0.132. The number of nitrogens with two attached hydrogens (primary N) is 1. The van der Waals surface area contributed by atoms with Gasteiger partial charge in [0.25, 0.3) is 0 Å². The second-order valence-corrected chi connectivity index (χ2v) is 5.22. The Kier molecular flexibility index (Phi) is 10.1. The van der Waals surface area contributed by atoms with Gasteiger partial charge in [0.05, 0.1) is 19.1 Å². The first-order valence-corrected chi connectivity index (χ1v) is 6.88. The maximum atomic E-state index is 12.2. The molecule has 0 aliphatic carbocycles. The molecule has 5 nitrogen and oxygen atoms in total. The summed E-state index contributed by atoms with van der Waals surface area (Å²) in [6.07, 6.45) is 1.77. The molecule has 5 heteroatoms. The van der Waals surface area contributed by atoms with E-state index in [1.807, 2.05) is 0 Å². The standard InChI is InChI=1S/C14H27N3O2/c1-12(2)9-13(11-16)10-14(18)17(6-4-5-15)7-8-19-3/h12-13H,4,6-11,16H2,1-3H3. The zero-order valence-corrected chi connectivity index (χ0v) is 12.4. The second-order valence-electron chi connectivity index (χ2n) is 5.22. The predicted molar refractivity (Wildman–Crippen MR) is 75.3 cm³/mol. The largest absolute Gasteiger partial charge is 0.383 e. The van der Waals surface area contributed by atoms with E-state index in [4.69, 9.17) is 15.7 Å². The molecule has 0 aliphatic heterocycles. The van der Waals surface area contributed by atoms with Crippen LogP contribution in [0.15, 0.2) is 0 Å². The fourth-order valence-corrected chi connectivity index (χ4v) is 2.05. The van der Waals surface area contributed by atoms with Crippen molar-refractivity contribution in [2.75, 3.05) is 33.4 Å². The zero-order chi connectivity index (χ0) is 14.7. The average Bonchev–Trinajstić information content (AvgIpc) is 2.37. The molecule has 19 heavy (non-hydrogen) atoms. The number of carbonyl (C=O) groups is 1. The third-order valence-corrected chi connectivity index (χ3v) is 3.01. The van der Waals surface area contributed by atoms with Crippen LogP contribution in [0.3, 0.4) is 0 Å². The molecule has 0 rings (SSSR count). The van der Waals surface area contributed by atoms with Gasteiger partial charge in [0.15, 0.2) is 0 Å². The van der Waals surface area contributed by atoms with Crippen LogP contribution >= 0.6 is 0 Å². The van der Waals surface area contributed by atoms with Gasteiger partial charge in [-0.3, -0.25) is 4.79 Å². The average molecular weight is 269 g/mol. The van der Waals surface area contributed by atoms with Crippen molar-refractivity contribution < 1.29 is 9.53 Å². The Balaban J connectivity index is 4.38. The highest BCUT2D eigenvalue weighted by atomic mass is 16.5. The number of hydrogen-bond acceptors (Lipinski definition) is 4. The van der Waals surface area contributed by atoms with Crippen molar-refractivity contribution in [1.82, 2.24) is 4.90 Å². The molecular weight excluding hydrogens is 242 g/mol. The molecule has 0 heterocycles. The van der Waals surface area contributed by atoms with Crippen LogP contribution < -0.4 is 5.73 Å². The molecule has 2 N–H and O–H groups in total. The Bertz CT molecular complexity index is 287. The molecule has 0 aliphatic rings. The molecule has 1 atom stereocenters. The predicted octanol–water partition coefficient (Wildman–Crippen LogP) is 1.39. The maximum absolute atomic E-state index is 12.2. The molecule has 0 aromatic heterocycles. The Morgan fingerprint density at radius 1 is 1.42 bits per heavy atom. The number of ether oxygens (including phenoxy) is 1. The Morgan fingerprint density at radius 3 is 2.58 bits per heavy atom. The number of rotatable bonds is 10. The van der Waals surface area contributed by atoms with E-state index in [0.717, 1.165) is 6.42 Å². The fraction of sp³-hybridized carbons (Fsp3) is 0.857. The van der Waals surface area contributed by atoms with Crippen molar-refractivity contribution in [2.45, 2.75) is 33.1 Å². The van der Waals surface area contributed by atoms with Crippen molar-refractivity contribution in [3.63, 3.8) is 0 Å². The molecule has 0 saturated heterocycles. The highest BCUT2D eigenvalue weighted by molar-refractivity contribution is 5.76. The molecule has 0 aromatic carbocycles. The lowest BCUT2D eigenvalue weighted by atomic mass is 9.94. The summed E-state index contributed by atoms with van der Waals surface area (Å²) in [6, 6.07) is 2.07. The van der Waals surface area contributed by atoms with Crippen LogP contribution in [0.4, 0.5) is 0 Å². The van der Waals surface area contributed by atoms with Gasteiger partial charge in [0.2, 0.25) is 5.91 Å². The Hall–Kier alpha value is -1.12. The van der Waals surface area contributed by atoms with Crippen molar-refractivity contribution >= 4 is 5.91 Å². The molecular formula is C14H27N3O2. The highest BCUT2D eigenvalue weighted by Crippen LogP contribution is 2.15. The lowest BCUT2D eigenvalue weighted by Gasteiger charge is -2.24. The van der Waals surface area contributed by atoms with Crippen LogP contribution in [0.5, 0.6) is 0 Å². The smallest absolute Gasteiger partial charge is 0.223 e. The molecule has 1 amide bonds. The van der Waals surface area contributed by atoms with Gasteiger partial charge >= 0.3 is 0 Å². The SMILES string of the molecule is COCCN(CCC#N)C(=O)CC(CN)CC(C)C. The van der Waals surface area contributed by atoms with Gasteiger partial charge < -0.3 is 15.4 Å². The monoisotopic (exact) mass is 269 g/mol. The summed E-state index contributed by atoms with van der Waals surface area (Å²) in [7, 11) is 1.61. The van der Waals surface area contributed by atoms with Gasteiger partial charge in [0, 0.05) is 26.6 Å². The number of hydrogen-bond donors (Lipinski definition) is 1. The topological polar surface area (TPSA) is 79.3 Å². The van der Waals surface area contributed by atoms with Crippen LogP contribution in [-0.4, -0.2) is 44.2 Å². The summed E-state index contributed by atoms with van der Waals surface area (Å²) in [4.78, 5) is 13.9. The van der Waals surface area contributed by atoms with Gasteiger partial charge in [-0.15, -0.1) is 0 Å². The van der Waals surface area contributed by atoms with E-state index in [0.29, 0.717) is 45.0 Å². The molecule has 0 fully saturated rings. The Morgan fingerprint density at radius 2 is 2.11 bits per heavy atom. The molecule has 0 saturated carbocycles. The number of nitrogens with zero attached hydrogens (tertiary/aromatic N) is 2. The molecule has 0 aromatic rings. The maximum Gasteiger partial charge on any atom is 0.223 e. The number of nitriles is 1. The summed E-state index contributed by atoms with van der Waals surface area (Å²) in [6.45, 7) is 6.29. The molecule has 110 valence electrons. The van der Waals surface area contributed by atoms with Crippen LogP contribution in [0.25, 0.3) is 0 Å². The summed E-state index contributed by atoms with van der Waals surface area (Å²) >= 11 is 0. The summed E-state index contributed by atoms with van der Waals surface area (Å²) in [5, 5.41) is 8.63. The molecule has 0 spiro atoms. The number of methoxy groups -OCH3 is 1. The van der Waals surface area contributed by atoms with E-state index in [-0.39, 0.29) is 11.8 Å². The van der Waals surface area contributed by atoms with E-state index in [1.54, 1.807) is 12.0 Å². The molecule has 0 bridgehead atoms. The first-order chi connectivity index (χ1) is 9.04. The summed E-state index contributed by atoms with van der Waals surface area (Å²) < 4.78 is 5.00. The lowest BCUT2D eigenvalue weighted by Crippen LogP contribution is -2.36. The number of carbonyl (C=O) groups excluding carboxylic acids is 1. The normalized spacial score (nSPS) is 12.2. The summed E-state index contributed by atoms with van der Waals surface area (Å²) in [5.74, 6) is 0.830. The van der Waals surface area contributed by atoms with Crippen molar-refractivity contribution in [3.8, 4) is 6.07 Å². The van der Waals surface area contributed by atoms with Gasteiger partial charge in [0.1, 0.15) is 0 Å². The molecule has 1 unspecified atom stereocenters. The van der Waals surface area contributed by atoms with E-state index >= 15 is 0 Å². The van der Waals surface area contributed by atoms with Crippen molar-refractivity contribution in [3.05, 3.63) is 0 Å². The van der Waals surface area contributed by atoms with Gasteiger partial charge in [-0.05, 0) is 24.8 Å². The highest BCUT2D eigenvalue weighted by Gasteiger charge is 2.19. The van der Waals surface area contributed by atoms with E-state index in [2.05, 4.69) is 19.9 Å². The van der Waals surface area contributed by atoms with Crippen LogP contribution in [0, 0.1) is 23.2 Å². The van der Waals surface area contributed by atoms with E-state index in [1.165, 1.54) is 0 Å². The van der Waals surface area contributed by atoms with Crippen LogP contribution in [0.2, 0.25) is 0 Å². The Labute approximate surface area is 116 Å². The minimum atomic E-state index is 0.0726. The summed E-state index contributed by atoms with van der Waals surface area (Å²) in [5.41, 5.74) is 5.72. The third-order valence-electron chi connectivity index (χ3n) is 3.01. The first kappa shape index (κ1) is 17.9. The van der Waals surface area contributed by atoms with Crippen LogP contribution in [0.1, 0.15) is 33.1 Å². The van der Waals surface area contributed by atoms with Crippen molar-refractivity contribution in [1.29, 1.82) is 5.26 Å². The van der Waals surface area contributed by atoms with Crippen molar-refractivity contribution in [2.24, 2.45) is 17.6 Å². The first-order valence-electron chi connectivity index (χ1n) is 6.88. The molecule has 0 radical (unpaired) electrons. The number of amides is 1. The minimum Gasteiger partial charge on any atom is -0.383 e. The van der Waals surface area contributed by atoms with E-state index in [9.17, 15) is 4.79 Å². The third kappa shape index (κ3) is 8.57. The minimum absolute atomic E-state index is 0.0726. The fourth-order valence-electron chi connectivity index (χ4n) is 2.05. The zero-order valence-electron chi connectivity index (χ0n) is 12.4. The van der Waals surface area contributed by atoms with Gasteiger partial charge in [-0.25, -0.2) is 0 Å². The quantitative estimate of drug-likeness (QED) is 0.650. The van der Waals surface area contributed by atoms with E-state index < -0.39 is 0 Å². The van der Waals surface area contributed by atoms with Crippen LogP contribution in [-0.2, 0) is 9.53 Å². The second kappa shape index (κ2) is 10.8. The van der Waals surface area contributed by atoms with Gasteiger partial charge in [-0.2, -0.15) is 5.26 Å². The van der Waals surface area contributed by atoms with Gasteiger partial charge in [-0.1, -0.05) is 13.8 Å².